The van der Waals surface area contributed by atoms with E-state index in [1.54, 1.807) is 6.07 Å². The highest BCUT2D eigenvalue weighted by Crippen LogP contribution is 2.33. The van der Waals surface area contributed by atoms with Gasteiger partial charge in [0, 0.05) is 0 Å². The lowest BCUT2D eigenvalue weighted by molar-refractivity contribution is -0.192. The molecule has 0 saturated carbocycles. The average Bonchev–Trinajstić information content (AvgIpc) is 2.49. The topological polar surface area (TPSA) is 64.3 Å². The van der Waals surface area contributed by atoms with E-state index >= 15 is 0 Å². The summed E-state index contributed by atoms with van der Waals surface area (Å²) in [5.41, 5.74) is 2.93. The van der Waals surface area contributed by atoms with Crippen LogP contribution >= 0.6 is 11.6 Å². The Bertz CT molecular complexity index is 651. The molecule has 4 nitrogen and oxygen atoms in total. The largest absolute Gasteiger partial charge is 0.483 e. The molecule has 0 unspecified atom stereocenters. The Morgan fingerprint density at radius 3 is 2.38 bits per heavy atom. The zero-order valence-electron chi connectivity index (χ0n) is 10.6. The quantitative estimate of drug-likeness (QED) is 0.518. The molecule has 0 aromatic heterocycles. The van der Waals surface area contributed by atoms with Gasteiger partial charge in [0.1, 0.15) is 5.75 Å². The second kappa shape index (κ2) is 6.07. The van der Waals surface area contributed by atoms with Gasteiger partial charge in [-0.25, -0.2) is 5.84 Å². The Hall–Kier alpha value is -2.18. The number of carbonyl (C=O) groups is 1. The molecule has 0 bridgehead atoms. The van der Waals surface area contributed by atoms with Crippen molar-refractivity contribution < 1.29 is 18.3 Å². The van der Waals surface area contributed by atoms with Gasteiger partial charge in [-0.2, -0.15) is 8.78 Å². The van der Waals surface area contributed by atoms with E-state index in [1.165, 1.54) is 17.6 Å². The molecular formula is C14H11ClF2N2O2. The van der Waals surface area contributed by atoms with Gasteiger partial charge in [0.25, 0.3) is 0 Å². The summed E-state index contributed by atoms with van der Waals surface area (Å²) in [6, 6.07) is 13.5. The highest BCUT2D eigenvalue weighted by atomic mass is 35.5. The standard InChI is InChI=1S/C14H11ClF2N2O2/c15-11-8-10(9-4-2-1-3-5-9)6-7-12(11)21-14(16,17)13(20)19-18/h1-8H,18H2,(H,19,20). The first-order chi connectivity index (χ1) is 9.94. The number of carbonyl (C=O) groups excluding carboxylic acids is 1. The third kappa shape index (κ3) is 3.48. The number of nitrogens with one attached hydrogen (secondary N) is 1. The summed E-state index contributed by atoms with van der Waals surface area (Å²) in [7, 11) is 0. The molecule has 0 radical (unpaired) electrons. The molecule has 0 spiro atoms. The summed E-state index contributed by atoms with van der Waals surface area (Å²) in [4.78, 5) is 10.9. The second-order valence-electron chi connectivity index (χ2n) is 4.10. The molecule has 2 aromatic rings. The number of nitrogens with two attached hydrogens (primary N) is 1. The van der Waals surface area contributed by atoms with Crippen LogP contribution in [0.25, 0.3) is 11.1 Å². The Morgan fingerprint density at radius 2 is 1.81 bits per heavy atom. The van der Waals surface area contributed by atoms with Gasteiger partial charge in [-0.1, -0.05) is 48.0 Å². The van der Waals surface area contributed by atoms with E-state index in [-0.39, 0.29) is 10.8 Å². The lowest BCUT2D eigenvalue weighted by Gasteiger charge is -2.17. The number of ether oxygens (including phenoxy) is 1. The molecule has 7 heteroatoms. The molecule has 2 aromatic carbocycles. The number of alkyl halides is 2. The van der Waals surface area contributed by atoms with Crippen molar-refractivity contribution in [2.24, 2.45) is 5.84 Å². The van der Waals surface area contributed by atoms with Crippen LogP contribution in [0, 0.1) is 0 Å². The first kappa shape index (κ1) is 15.2. The van der Waals surface area contributed by atoms with Crippen LogP contribution in [0.5, 0.6) is 5.75 Å². The molecule has 2 rings (SSSR count). The molecule has 0 aliphatic heterocycles. The van der Waals surface area contributed by atoms with E-state index in [9.17, 15) is 13.6 Å². The van der Waals surface area contributed by atoms with E-state index in [1.807, 2.05) is 30.3 Å². The second-order valence-corrected chi connectivity index (χ2v) is 4.51. The maximum atomic E-state index is 13.3. The van der Waals surface area contributed by atoms with Gasteiger partial charge in [0.05, 0.1) is 5.02 Å². The molecule has 21 heavy (non-hydrogen) atoms. The third-order valence-electron chi connectivity index (χ3n) is 2.67. The van der Waals surface area contributed by atoms with Crippen LogP contribution in [0.1, 0.15) is 0 Å². The van der Waals surface area contributed by atoms with E-state index in [0.29, 0.717) is 0 Å². The van der Waals surface area contributed by atoms with Crippen molar-refractivity contribution >= 4 is 17.5 Å². The highest BCUT2D eigenvalue weighted by molar-refractivity contribution is 6.32. The SMILES string of the molecule is NNC(=O)C(F)(F)Oc1ccc(-c2ccccc2)cc1Cl. The van der Waals surface area contributed by atoms with E-state index in [4.69, 9.17) is 11.6 Å². The minimum Gasteiger partial charge on any atom is -0.424 e. The van der Waals surface area contributed by atoms with Crippen LogP contribution < -0.4 is 16.0 Å². The summed E-state index contributed by atoms with van der Waals surface area (Å²) in [5, 5.41) is -0.0409. The van der Waals surface area contributed by atoms with Crippen LogP contribution in [0.4, 0.5) is 8.78 Å². The summed E-state index contributed by atoms with van der Waals surface area (Å²) in [5.74, 6) is 2.58. The smallest absolute Gasteiger partial charge is 0.424 e. The van der Waals surface area contributed by atoms with E-state index < -0.39 is 12.0 Å². The number of halogens is 3. The number of hydrazine groups is 1. The monoisotopic (exact) mass is 312 g/mol. The Labute approximate surface area is 124 Å². The van der Waals surface area contributed by atoms with E-state index in [2.05, 4.69) is 10.6 Å². The van der Waals surface area contributed by atoms with Crippen molar-refractivity contribution in [3.8, 4) is 16.9 Å². The zero-order valence-corrected chi connectivity index (χ0v) is 11.4. The zero-order chi connectivity index (χ0) is 15.5. The molecule has 1 amide bonds. The molecule has 0 fully saturated rings. The maximum Gasteiger partial charge on any atom is 0.483 e. The lowest BCUT2D eigenvalue weighted by atomic mass is 10.1. The molecular weight excluding hydrogens is 302 g/mol. The molecule has 0 heterocycles. The Morgan fingerprint density at radius 1 is 1.14 bits per heavy atom. The van der Waals surface area contributed by atoms with Crippen LogP contribution in [-0.2, 0) is 4.79 Å². The molecule has 0 aliphatic carbocycles. The van der Waals surface area contributed by atoms with Crippen molar-refractivity contribution in [3.05, 3.63) is 53.6 Å². The Balaban J connectivity index is 2.26. The molecule has 110 valence electrons. The summed E-state index contributed by atoms with van der Waals surface area (Å²) < 4.78 is 31.0. The molecule has 3 N–H and O–H groups in total. The van der Waals surface area contributed by atoms with Gasteiger partial charge in [0.2, 0.25) is 0 Å². The number of hydrogen-bond acceptors (Lipinski definition) is 3. The average molecular weight is 313 g/mol. The van der Waals surface area contributed by atoms with Crippen molar-refractivity contribution in [3.63, 3.8) is 0 Å². The summed E-state index contributed by atoms with van der Waals surface area (Å²) in [6.07, 6.45) is -4.10. The van der Waals surface area contributed by atoms with Crippen molar-refractivity contribution in [1.29, 1.82) is 0 Å². The van der Waals surface area contributed by atoms with Gasteiger partial charge >= 0.3 is 12.0 Å². The van der Waals surface area contributed by atoms with Crippen LogP contribution in [-0.4, -0.2) is 12.0 Å². The number of amides is 1. The fourth-order valence-corrected chi connectivity index (χ4v) is 1.88. The number of hydrogen-bond donors (Lipinski definition) is 2. The molecule has 0 atom stereocenters. The minimum atomic E-state index is -4.10. The van der Waals surface area contributed by atoms with Gasteiger partial charge < -0.3 is 4.74 Å². The van der Waals surface area contributed by atoms with Crippen molar-refractivity contribution in [2.45, 2.75) is 6.11 Å². The maximum absolute atomic E-state index is 13.3. The van der Waals surface area contributed by atoms with Crippen LogP contribution in [0.2, 0.25) is 5.02 Å². The van der Waals surface area contributed by atoms with Gasteiger partial charge in [-0.15, -0.1) is 0 Å². The fourth-order valence-electron chi connectivity index (χ4n) is 1.66. The lowest BCUT2D eigenvalue weighted by Crippen LogP contribution is -2.47. The molecule has 0 aliphatic rings. The normalized spacial score (nSPS) is 11.0. The van der Waals surface area contributed by atoms with E-state index in [0.717, 1.165) is 11.1 Å². The summed E-state index contributed by atoms with van der Waals surface area (Å²) >= 11 is 5.91. The number of rotatable bonds is 4. The van der Waals surface area contributed by atoms with Crippen molar-refractivity contribution in [1.82, 2.24) is 5.43 Å². The predicted octanol–water partition coefficient (Wildman–Crippen LogP) is 2.97. The highest BCUT2D eigenvalue weighted by Gasteiger charge is 2.42. The summed E-state index contributed by atoms with van der Waals surface area (Å²) in [6.45, 7) is 0. The van der Waals surface area contributed by atoms with Gasteiger partial charge in [-0.05, 0) is 23.3 Å². The predicted molar refractivity (Wildman–Crippen MR) is 74.8 cm³/mol. The van der Waals surface area contributed by atoms with Gasteiger partial charge in [-0.3, -0.25) is 10.2 Å². The first-order valence-corrected chi connectivity index (χ1v) is 6.24. The minimum absolute atomic E-state index is 0.0409. The molecule has 0 saturated heterocycles. The fraction of sp³-hybridized carbons (Fsp3) is 0.0714. The Kier molecular flexibility index (Phi) is 4.40. The van der Waals surface area contributed by atoms with Gasteiger partial charge in [0.15, 0.2) is 0 Å². The van der Waals surface area contributed by atoms with Crippen LogP contribution in [0.15, 0.2) is 48.5 Å². The first-order valence-electron chi connectivity index (χ1n) is 5.87. The van der Waals surface area contributed by atoms with Crippen LogP contribution in [0.3, 0.4) is 0 Å². The van der Waals surface area contributed by atoms with Crippen molar-refractivity contribution in [2.75, 3.05) is 0 Å². The third-order valence-corrected chi connectivity index (χ3v) is 2.97. The number of benzene rings is 2.